The van der Waals surface area contributed by atoms with Crippen molar-refractivity contribution in [3.05, 3.63) is 35.1 Å². The van der Waals surface area contributed by atoms with Crippen LogP contribution in [0.1, 0.15) is 30.4 Å². The summed E-state index contributed by atoms with van der Waals surface area (Å²) in [4.78, 5) is 0. The lowest BCUT2D eigenvalue weighted by molar-refractivity contribution is 0.166. The third-order valence-corrected chi connectivity index (χ3v) is 4.13. The van der Waals surface area contributed by atoms with Gasteiger partial charge in [0, 0.05) is 5.88 Å². The molecule has 0 N–H and O–H groups in total. The smallest absolute Gasteiger partial charge is 0.123 e. The fourth-order valence-electron chi connectivity index (χ4n) is 2.30. The zero-order chi connectivity index (χ0) is 10.9. The van der Waals surface area contributed by atoms with Crippen LogP contribution < -0.4 is 0 Å². The van der Waals surface area contributed by atoms with Crippen LogP contribution >= 0.6 is 11.6 Å². The van der Waals surface area contributed by atoms with Gasteiger partial charge in [-0.25, -0.2) is 4.39 Å². The molecule has 1 aromatic carbocycles. The monoisotopic (exact) mass is 226 g/mol. The largest absolute Gasteiger partial charge is 0.207 e. The third kappa shape index (κ3) is 2.17. The molecule has 0 spiro atoms. The van der Waals surface area contributed by atoms with Crippen molar-refractivity contribution in [2.75, 3.05) is 5.88 Å². The summed E-state index contributed by atoms with van der Waals surface area (Å²) in [5, 5.41) is 0. The van der Waals surface area contributed by atoms with Crippen LogP contribution in [0.3, 0.4) is 0 Å². The molecule has 0 amide bonds. The summed E-state index contributed by atoms with van der Waals surface area (Å²) in [7, 11) is 0. The average Bonchev–Trinajstić information content (AvgIpc) is 2.14. The molecule has 1 aliphatic carbocycles. The maximum absolute atomic E-state index is 12.9. The van der Waals surface area contributed by atoms with E-state index in [1.165, 1.54) is 24.8 Å². The molecule has 2 rings (SSSR count). The Kier molecular flexibility index (Phi) is 3.01. The Labute approximate surface area is 95.4 Å². The Morgan fingerprint density at radius 1 is 1.40 bits per heavy atom. The minimum Gasteiger partial charge on any atom is -0.207 e. The zero-order valence-corrected chi connectivity index (χ0v) is 9.78. The van der Waals surface area contributed by atoms with E-state index in [9.17, 15) is 4.39 Å². The van der Waals surface area contributed by atoms with Gasteiger partial charge >= 0.3 is 0 Å². The molecular weight excluding hydrogens is 211 g/mol. The molecule has 0 unspecified atom stereocenters. The molecule has 0 radical (unpaired) electrons. The number of halogens is 2. The molecule has 1 saturated carbocycles. The Hall–Kier alpha value is -0.560. The van der Waals surface area contributed by atoms with Gasteiger partial charge in [-0.15, -0.1) is 11.6 Å². The summed E-state index contributed by atoms with van der Waals surface area (Å²) in [6.07, 6.45) is 4.72. The van der Waals surface area contributed by atoms with E-state index in [2.05, 4.69) is 0 Å². The molecule has 0 atom stereocenters. The molecule has 0 aromatic heterocycles. The van der Waals surface area contributed by atoms with Crippen molar-refractivity contribution in [1.82, 2.24) is 0 Å². The van der Waals surface area contributed by atoms with E-state index in [1.54, 1.807) is 12.1 Å². The second-order valence-electron chi connectivity index (χ2n) is 4.73. The maximum Gasteiger partial charge on any atom is 0.123 e. The number of hydrogen-bond donors (Lipinski definition) is 0. The highest BCUT2D eigenvalue weighted by Crippen LogP contribution is 2.44. The number of alkyl halides is 1. The van der Waals surface area contributed by atoms with Gasteiger partial charge in [0.2, 0.25) is 0 Å². The van der Waals surface area contributed by atoms with Gasteiger partial charge in [-0.3, -0.25) is 0 Å². The highest BCUT2D eigenvalue weighted by Gasteiger charge is 2.36. The van der Waals surface area contributed by atoms with Gasteiger partial charge in [0.1, 0.15) is 5.82 Å². The van der Waals surface area contributed by atoms with E-state index in [-0.39, 0.29) is 5.82 Å². The first kappa shape index (κ1) is 10.9. The van der Waals surface area contributed by atoms with E-state index in [1.807, 2.05) is 13.0 Å². The molecule has 0 bridgehead atoms. The lowest BCUT2D eigenvalue weighted by Gasteiger charge is -2.40. The number of aryl methyl sites for hydroxylation is 1. The lowest BCUT2D eigenvalue weighted by atomic mass is 9.66. The van der Waals surface area contributed by atoms with Crippen molar-refractivity contribution in [3.8, 4) is 0 Å². The quantitative estimate of drug-likeness (QED) is 0.682. The van der Waals surface area contributed by atoms with Crippen molar-refractivity contribution in [2.45, 2.75) is 32.6 Å². The fraction of sp³-hybridized carbons (Fsp3) is 0.538. The minimum atomic E-state index is -0.148. The van der Waals surface area contributed by atoms with Gasteiger partial charge in [-0.1, -0.05) is 12.5 Å². The lowest BCUT2D eigenvalue weighted by Crippen LogP contribution is -2.33. The van der Waals surface area contributed by atoms with Crippen LogP contribution in [0.5, 0.6) is 0 Å². The van der Waals surface area contributed by atoms with Crippen LogP contribution in [-0.4, -0.2) is 5.88 Å². The number of rotatable bonds is 3. The minimum absolute atomic E-state index is 0.148. The number of benzene rings is 1. The Morgan fingerprint density at radius 3 is 2.60 bits per heavy atom. The van der Waals surface area contributed by atoms with Crippen LogP contribution in [0.15, 0.2) is 18.2 Å². The first-order valence-corrected chi connectivity index (χ1v) is 6.00. The molecule has 2 heteroatoms. The van der Waals surface area contributed by atoms with Crippen molar-refractivity contribution in [3.63, 3.8) is 0 Å². The van der Waals surface area contributed by atoms with Gasteiger partial charge in [-0.2, -0.15) is 0 Å². The highest BCUT2D eigenvalue weighted by atomic mass is 35.5. The average molecular weight is 227 g/mol. The predicted molar refractivity (Wildman–Crippen MR) is 61.8 cm³/mol. The third-order valence-electron chi connectivity index (χ3n) is 3.57. The zero-order valence-electron chi connectivity index (χ0n) is 9.02. The Balaban J connectivity index is 2.16. The first-order valence-electron chi connectivity index (χ1n) is 5.46. The standard InChI is InChI=1S/C13H16ClF/c1-10-7-12(15)4-3-11(10)8-13(9-14)5-2-6-13/h3-4,7H,2,5-6,8-9H2,1H3. The van der Waals surface area contributed by atoms with Gasteiger partial charge in [-0.05, 0) is 54.9 Å². The molecule has 1 fully saturated rings. The fourth-order valence-corrected chi connectivity index (χ4v) is 2.66. The van der Waals surface area contributed by atoms with E-state index < -0.39 is 0 Å². The molecule has 0 nitrogen and oxygen atoms in total. The summed E-state index contributed by atoms with van der Waals surface area (Å²) < 4.78 is 12.9. The predicted octanol–water partition coefficient (Wildman–Crippen LogP) is 4.09. The second kappa shape index (κ2) is 4.13. The first-order chi connectivity index (χ1) is 7.15. The van der Waals surface area contributed by atoms with Crippen LogP contribution in [0, 0.1) is 18.2 Å². The van der Waals surface area contributed by atoms with Gasteiger partial charge < -0.3 is 0 Å². The SMILES string of the molecule is Cc1cc(F)ccc1CC1(CCl)CCC1. The van der Waals surface area contributed by atoms with Crippen molar-refractivity contribution >= 4 is 11.6 Å². The Bertz CT molecular complexity index is 350. The van der Waals surface area contributed by atoms with E-state index in [4.69, 9.17) is 11.6 Å². The molecule has 0 saturated heterocycles. The van der Waals surface area contributed by atoms with Crippen LogP contribution in [0.25, 0.3) is 0 Å². The van der Waals surface area contributed by atoms with Crippen LogP contribution in [0.4, 0.5) is 4.39 Å². The van der Waals surface area contributed by atoms with E-state index >= 15 is 0 Å². The molecular formula is C13H16ClF. The maximum atomic E-state index is 12.9. The number of hydrogen-bond acceptors (Lipinski definition) is 0. The van der Waals surface area contributed by atoms with Crippen LogP contribution in [-0.2, 0) is 6.42 Å². The summed E-state index contributed by atoms with van der Waals surface area (Å²) in [5.41, 5.74) is 2.59. The topological polar surface area (TPSA) is 0 Å². The molecule has 1 aliphatic rings. The van der Waals surface area contributed by atoms with Gasteiger partial charge in [0.15, 0.2) is 0 Å². The molecule has 0 aliphatic heterocycles. The summed E-state index contributed by atoms with van der Waals surface area (Å²) in [5.74, 6) is 0.578. The van der Waals surface area contributed by atoms with Gasteiger partial charge in [0.25, 0.3) is 0 Å². The van der Waals surface area contributed by atoms with Crippen molar-refractivity contribution in [2.24, 2.45) is 5.41 Å². The van der Waals surface area contributed by atoms with Crippen molar-refractivity contribution in [1.29, 1.82) is 0 Å². The normalized spacial score (nSPS) is 18.6. The Morgan fingerprint density at radius 2 is 2.13 bits per heavy atom. The summed E-state index contributed by atoms with van der Waals surface area (Å²) >= 11 is 6.02. The second-order valence-corrected chi connectivity index (χ2v) is 5.00. The molecule has 0 heterocycles. The van der Waals surface area contributed by atoms with Crippen molar-refractivity contribution < 1.29 is 4.39 Å². The molecule has 15 heavy (non-hydrogen) atoms. The summed E-state index contributed by atoms with van der Waals surface area (Å²) in [6, 6.07) is 5.05. The van der Waals surface area contributed by atoms with E-state index in [0.717, 1.165) is 17.9 Å². The highest BCUT2D eigenvalue weighted by molar-refractivity contribution is 6.18. The molecule has 1 aromatic rings. The van der Waals surface area contributed by atoms with E-state index in [0.29, 0.717) is 5.41 Å². The van der Waals surface area contributed by atoms with Gasteiger partial charge in [0.05, 0.1) is 0 Å². The van der Waals surface area contributed by atoms with Crippen LogP contribution in [0.2, 0.25) is 0 Å². The molecule has 82 valence electrons. The summed E-state index contributed by atoms with van der Waals surface area (Å²) in [6.45, 7) is 1.97.